The van der Waals surface area contributed by atoms with Crippen LogP contribution >= 0.6 is 0 Å². The molecule has 2 aliphatic rings. The lowest BCUT2D eigenvalue weighted by Gasteiger charge is -2.34. The largest absolute Gasteiger partial charge is 0.496 e. The first-order valence-corrected chi connectivity index (χ1v) is 9.54. The van der Waals surface area contributed by atoms with E-state index in [4.69, 9.17) is 9.47 Å². The van der Waals surface area contributed by atoms with Crippen molar-refractivity contribution >= 4 is 11.8 Å². The first-order chi connectivity index (χ1) is 13.0. The van der Waals surface area contributed by atoms with E-state index in [0.717, 1.165) is 31.6 Å². The summed E-state index contributed by atoms with van der Waals surface area (Å²) in [4.78, 5) is 27.4. The summed E-state index contributed by atoms with van der Waals surface area (Å²) in [5, 5.41) is 5.88. The fraction of sp³-hybridized carbons (Fsp3) is 0.600. The number of methoxy groups -OCH3 is 1. The summed E-state index contributed by atoms with van der Waals surface area (Å²) in [5.41, 5.74) is 1.43. The Kier molecular flexibility index (Phi) is 6.34. The van der Waals surface area contributed by atoms with Gasteiger partial charge < -0.3 is 20.1 Å². The lowest BCUT2D eigenvalue weighted by Crippen LogP contribution is -2.48. The van der Waals surface area contributed by atoms with Crippen molar-refractivity contribution in [3.05, 3.63) is 29.3 Å². The highest BCUT2D eigenvalue weighted by Gasteiger charge is 2.41. The second kappa shape index (κ2) is 8.71. The van der Waals surface area contributed by atoms with Gasteiger partial charge in [0.15, 0.2) is 0 Å². The standard InChI is InChI=1S/C20H29N3O4/c1-13-16(5-4-6-18(13)26-3)19(24)22-14-11-17(20(25)21-2)23(12-14)15-7-9-27-10-8-15/h4-6,14-15,17H,7-12H2,1-3H3,(H,21,25)(H,22,24). The Hall–Kier alpha value is -2.12. The Bertz CT molecular complexity index is 688. The molecule has 0 aliphatic carbocycles. The molecule has 2 aliphatic heterocycles. The number of carbonyl (C=O) groups excluding carboxylic acids is 2. The van der Waals surface area contributed by atoms with Gasteiger partial charge in [0.2, 0.25) is 5.91 Å². The van der Waals surface area contributed by atoms with Crippen LogP contribution in [0.15, 0.2) is 18.2 Å². The van der Waals surface area contributed by atoms with Crippen molar-refractivity contribution in [2.24, 2.45) is 0 Å². The smallest absolute Gasteiger partial charge is 0.251 e. The van der Waals surface area contributed by atoms with Crippen LogP contribution < -0.4 is 15.4 Å². The van der Waals surface area contributed by atoms with Crippen molar-refractivity contribution in [3.63, 3.8) is 0 Å². The van der Waals surface area contributed by atoms with E-state index in [0.29, 0.717) is 30.3 Å². The zero-order valence-electron chi connectivity index (χ0n) is 16.3. The highest BCUT2D eigenvalue weighted by molar-refractivity contribution is 5.96. The van der Waals surface area contributed by atoms with Gasteiger partial charge in [0.1, 0.15) is 5.75 Å². The van der Waals surface area contributed by atoms with Crippen molar-refractivity contribution in [1.82, 2.24) is 15.5 Å². The number of carbonyl (C=O) groups is 2. The first-order valence-electron chi connectivity index (χ1n) is 9.54. The predicted octanol–water partition coefficient (Wildman–Crippen LogP) is 1.10. The molecule has 1 aromatic carbocycles. The first kappa shape index (κ1) is 19.6. The van der Waals surface area contributed by atoms with Crippen molar-refractivity contribution < 1.29 is 19.1 Å². The number of nitrogens with one attached hydrogen (secondary N) is 2. The molecule has 0 saturated carbocycles. The molecular formula is C20H29N3O4. The summed E-state index contributed by atoms with van der Waals surface area (Å²) in [6.07, 6.45) is 2.46. The third kappa shape index (κ3) is 4.25. The maximum absolute atomic E-state index is 12.8. The van der Waals surface area contributed by atoms with E-state index in [1.54, 1.807) is 20.2 Å². The fourth-order valence-electron chi connectivity index (χ4n) is 4.16. The summed E-state index contributed by atoms with van der Waals surface area (Å²) in [7, 11) is 3.26. The van der Waals surface area contributed by atoms with Crippen LogP contribution in [0.5, 0.6) is 5.75 Å². The van der Waals surface area contributed by atoms with Crippen LogP contribution in [0, 0.1) is 6.92 Å². The van der Waals surface area contributed by atoms with Gasteiger partial charge >= 0.3 is 0 Å². The molecule has 3 rings (SSSR count). The third-order valence-corrected chi connectivity index (χ3v) is 5.63. The van der Waals surface area contributed by atoms with Crippen molar-refractivity contribution in [2.45, 2.75) is 44.3 Å². The van der Waals surface area contributed by atoms with E-state index in [1.165, 1.54) is 0 Å². The fourth-order valence-corrected chi connectivity index (χ4v) is 4.16. The second-order valence-corrected chi connectivity index (χ2v) is 7.21. The Balaban J connectivity index is 1.71. The molecule has 0 spiro atoms. The quantitative estimate of drug-likeness (QED) is 0.806. The lowest BCUT2D eigenvalue weighted by atomic mass is 10.1. The normalized spacial score (nSPS) is 23.8. The van der Waals surface area contributed by atoms with Crippen LogP contribution in [-0.2, 0) is 9.53 Å². The summed E-state index contributed by atoms with van der Waals surface area (Å²) >= 11 is 0. The van der Waals surface area contributed by atoms with Gasteiger partial charge in [-0.25, -0.2) is 0 Å². The van der Waals surface area contributed by atoms with Crippen molar-refractivity contribution in [2.75, 3.05) is 33.9 Å². The van der Waals surface area contributed by atoms with Gasteiger partial charge in [0.25, 0.3) is 5.91 Å². The van der Waals surface area contributed by atoms with E-state index in [1.807, 2.05) is 19.1 Å². The summed E-state index contributed by atoms with van der Waals surface area (Å²) in [6.45, 7) is 4.00. The maximum atomic E-state index is 12.8. The SMILES string of the molecule is CNC(=O)C1CC(NC(=O)c2cccc(OC)c2C)CN1C1CCOCC1. The molecule has 2 atom stereocenters. The molecule has 2 unspecified atom stereocenters. The number of likely N-dealkylation sites (N-methyl/N-ethyl adjacent to an activating group) is 1. The van der Waals surface area contributed by atoms with Crippen LogP contribution in [0.25, 0.3) is 0 Å². The molecular weight excluding hydrogens is 346 g/mol. The van der Waals surface area contributed by atoms with Gasteiger partial charge in [0.05, 0.1) is 13.2 Å². The molecule has 27 heavy (non-hydrogen) atoms. The molecule has 7 nitrogen and oxygen atoms in total. The minimum absolute atomic E-state index is 0.0100. The van der Waals surface area contributed by atoms with E-state index in [-0.39, 0.29) is 23.9 Å². The number of rotatable bonds is 5. The molecule has 2 N–H and O–H groups in total. The van der Waals surface area contributed by atoms with Gasteiger partial charge in [-0.3, -0.25) is 14.5 Å². The molecule has 148 valence electrons. The van der Waals surface area contributed by atoms with Gasteiger partial charge in [-0.2, -0.15) is 0 Å². The van der Waals surface area contributed by atoms with Crippen LogP contribution in [0.3, 0.4) is 0 Å². The number of ether oxygens (including phenoxy) is 2. The van der Waals surface area contributed by atoms with Gasteiger partial charge in [-0.1, -0.05) is 6.07 Å². The Morgan fingerprint density at radius 2 is 2.00 bits per heavy atom. The van der Waals surface area contributed by atoms with E-state index in [2.05, 4.69) is 15.5 Å². The minimum atomic E-state index is -0.213. The maximum Gasteiger partial charge on any atom is 0.251 e. The Morgan fingerprint density at radius 1 is 1.26 bits per heavy atom. The molecule has 0 bridgehead atoms. The molecule has 2 heterocycles. The molecule has 7 heteroatoms. The zero-order chi connectivity index (χ0) is 19.4. The summed E-state index contributed by atoms with van der Waals surface area (Å²) in [6, 6.07) is 5.51. The van der Waals surface area contributed by atoms with Gasteiger partial charge in [0, 0.05) is 50.0 Å². The number of hydrogen-bond donors (Lipinski definition) is 2. The van der Waals surface area contributed by atoms with Gasteiger partial charge in [-0.05, 0) is 38.3 Å². The average Bonchev–Trinajstić information content (AvgIpc) is 3.12. The lowest BCUT2D eigenvalue weighted by molar-refractivity contribution is -0.126. The topological polar surface area (TPSA) is 79.9 Å². The average molecular weight is 375 g/mol. The van der Waals surface area contributed by atoms with Crippen molar-refractivity contribution in [3.8, 4) is 5.75 Å². The number of likely N-dealkylation sites (tertiary alicyclic amines) is 1. The van der Waals surface area contributed by atoms with Crippen molar-refractivity contribution in [1.29, 1.82) is 0 Å². The summed E-state index contributed by atoms with van der Waals surface area (Å²) < 4.78 is 10.8. The minimum Gasteiger partial charge on any atom is -0.496 e. The zero-order valence-corrected chi connectivity index (χ0v) is 16.3. The Morgan fingerprint density at radius 3 is 2.67 bits per heavy atom. The van der Waals surface area contributed by atoms with Crippen LogP contribution in [0.2, 0.25) is 0 Å². The highest BCUT2D eigenvalue weighted by Crippen LogP contribution is 2.27. The predicted molar refractivity (Wildman–Crippen MR) is 102 cm³/mol. The van der Waals surface area contributed by atoms with E-state index < -0.39 is 0 Å². The molecule has 2 fully saturated rings. The van der Waals surface area contributed by atoms with Crippen LogP contribution in [0.1, 0.15) is 35.2 Å². The number of benzene rings is 1. The summed E-state index contributed by atoms with van der Waals surface area (Å²) in [5.74, 6) is 0.581. The monoisotopic (exact) mass is 375 g/mol. The molecule has 2 saturated heterocycles. The molecule has 1 aromatic rings. The second-order valence-electron chi connectivity index (χ2n) is 7.21. The molecule has 2 amide bonds. The van der Waals surface area contributed by atoms with E-state index in [9.17, 15) is 9.59 Å². The van der Waals surface area contributed by atoms with Gasteiger partial charge in [-0.15, -0.1) is 0 Å². The molecule has 0 aromatic heterocycles. The van der Waals surface area contributed by atoms with Crippen LogP contribution in [0.4, 0.5) is 0 Å². The number of hydrogen-bond acceptors (Lipinski definition) is 5. The third-order valence-electron chi connectivity index (χ3n) is 5.63. The van der Waals surface area contributed by atoms with E-state index >= 15 is 0 Å². The van der Waals surface area contributed by atoms with Crippen LogP contribution in [-0.4, -0.2) is 68.8 Å². The molecule has 0 radical (unpaired) electrons. The highest BCUT2D eigenvalue weighted by atomic mass is 16.5. The number of nitrogens with zero attached hydrogens (tertiary/aromatic N) is 1. The Labute approximate surface area is 160 Å². The number of amides is 2.